The van der Waals surface area contributed by atoms with Crippen LogP contribution in [0.5, 0.6) is 0 Å². The molecule has 0 saturated carbocycles. The molecule has 0 fully saturated rings. The number of esters is 2. The van der Waals surface area contributed by atoms with Crippen LogP contribution in [0.3, 0.4) is 0 Å². The fourth-order valence-electron chi connectivity index (χ4n) is 1.91. The van der Waals surface area contributed by atoms with Crippen molar-refractivity contribution in [2.45, 2.75) is 12.8 Å². The van der Waals surface area contributed by atoms with E-state index in [1.165, 1.54) is 14.2 Å². The minimum atomic E-state index is -0.551. The number of hydrogen-bond acceptors (Lipinski definition) is 5. The molecular weight excluding hydrogens is 212 g/mol. The van der Waals surface area contributed by atoms with Crippen molar-refractivity contribution in [2.75, 3.05) is 20.8 Å². The van der Waals surface area contributed by atoms with E-state index in [0.717, 1.165) is 5.57 Å². The van der Waals surface area contributed by atoms with E-state index < -0.39 is 23.8 Å². The largest absolute Gasteiger partial charge is 0.469 e. The number of allylic oxidation sites excluding steroid dienone is 1. The Morgan fingerprint density at radius 2 is 1.88 bits per heavy atom. The fourth-order valence-corrected chi connectivity index (χ4v) is 1.91. The Morgan fingerprint density at radius 3 is 2.38 bits per heavy atom. The van der Waals surface area contributed by atoms with Gasteiger partial charge in [0.25, 0.3) is 0 Å². The van der Waals surface area contributed by atoms with Crippen LogP contribution in [0.4, 0.5) is 0 Å². The zero-order valence-electron chi connectivity index (χ0n) is 9.43. The first-order chi connectivity index (χ1) is 7.63. The van der Waals surface area contributed by atoms with E-state index in [2.05, 4.69) is 9.47 Å². The fraction of sp³-hybridized carbons (Fsp3) is 0.636. The number of carbonyl (C=O) groups excluding carboxylic acids is 2. The molecule has 1 aliphatic carbocycles. The van der Waals surface area contributed by atoms with Crippen molar-refractivity contribution in [1.82, 2.24) is 0 Å². The monoisotopic (exact) mass is 228 g/mol. The summed E-state index contributed by atoms with van der Waals surface area (Å²) in [4.78, 5) is 23.0. The van der Waals surface area contributed by atoms with Gasteiger partial charge in [0.05, 0.1) is 32.7 Å². The second-order valence-corrected chi connectivity index (χ2v) is 3.72. The van der Waals surface area contributed by atoms with Crippen LogP contribution in [0.2, 0.25) is 0 Å². The lowest BCUT2D eigenvalue weighted by atomic mass is 9.79. The molecule has 5 nitrogen and oxygen atoms in total. The second kappa shape index (κ2) is 5.65. The standard InChI is InChI=1S/C11H16O5/c1-15-10(13)8-4-3-7(6-12)5-9(8)11(14)16-2/h3,8-9,12H,4-6H2,1-2H3/t8-,9+/m1/s1. The van der Waals surface area contributed by atoms with Gasteiger partial charge in [-0.2, -0.15) is 0 Å². The quantitative estimate of drug-likeness (QED) is 0.554. The molecule has 0 aliphatic heterocycles. The van der Waals surface area contributed by atoms with E-state index in [1.54, 1.807) is 6.08 Å². The summed E-state index contributed by atoms with van der Waals surface area (Å²) in [6.07, 6.45) is 2.53. The Morgan fingerprint density at radius 1 is 1.31 bits per heavy atom. The molecule has 0 amide bonds. The van der Waals surface area contributed by atoms with Gasteiger partial charge in [-0.3, -0.25) is 9.59 Å². The minimum absolute atomic E-state index is 0.0958. The van der Waals surface area contributed by atoms with Crippen LogP contribution in [0.25, 0.3) is 0 Å². The summed E-state index contributed by atoms with van der Waals surface area (Å²) < 4.78 is 9.30. The SMILES string of the molecule is COC(=O)[C@H]1CC(CO)=CC[C@H]1C(=O)OC. The van der Waals surface area contributed by atoms with Gasteiger partial charge < -0.3 is 14.6 Å². The topological polar surface area (TPSA) is 72.8 Å². The van der Waals surface area contributed by atoms with Crippen LogP contribution in [0, 0.1) is 11.8 Å². The molecule has 0 bridgehead atoms. The van der Waals surface area contributed by atoms with Crippen molar-refractivity contribution in [3.8, 4) is 0 Å². The van der Waals surface area contributed by atoms with Crippen LogP contribution in [0.1, 0.15) is 12.8 Å². The predicted molar refractivity (Wildman–Crippen MR) is 55.4 cm³/mol. The van der Waals surface area contributed by atoms with Crippen LogP contribution in [-0.2, 0) is 19.1 Å². The number of aliphatic hydroxyl groups is 1. The number of carbonyl (C=O) groups is 2. The summed E-state index contributed by atoms with van der Waals surface area (Å²) in [5, 5.41) is 9.01. The molecule has 16 heavy (non-hydrogen) atoms. The first-order valence-electron chi connectivity index (χ1n) is 5.08. The Kier molecular flexibility index (Phi) is 4.49. The van der Waals surface area contributed by atoms with Crippen molar-refractivity contribution >= 4 is 11.9 Å². The van der Waals surface area contributed by atoms with E-state index in [4.69, 9.17) is 5.11 Å². The van der Waals surface area contributed by atoms with Crippen molar-refractivity contribution in [2.24, 2.45) is 11.8 Å². The van der Waals surface area contributed by atoms with E-state index in [-0.39, 0.29) is 6.61 Å². The lowest BCUT2D eigenvalue weighted by Gasteiger charge is -2.26. The summed E-state index contributed by atoms with van der Waals surface area (Å²) in [7, 11) is 2.58. The zero-order chi connectivity index (χ0) is 12.1. The maximum atomic E-state index is 11.5. The van der Waals surface area contributed by atoms with E-state index in [0.29, 0.717) is 12.8 Å². The van der Waals surface area contributed by atoms with Gasteiger partial charge in [0.2, 0.25) is 0 Å². The first kappa shape index (κ1) is 12.7. The first-order valence-corrected chi connectivity index (χ1v) is 5.08. The molecule has 1 aliphatic rings. The molecule has 0 unspecified atom stereocenters. The number of methoxy groups -OCH3 is 2. The lowest BCUT2D eigenvalue weighted by molar-refractivity contribution is -0.157. The van der Waals surface area contributed by atoms with Gasteiger partial charge in [-0.05, 0) is 18.4 Å². The van der Waals surface area contributed by atoms with Crippen LogP contribution in [-0.4, -0.2) is 37.9 Å². The molecule has 0 spiro atoms. The lowest BCUT2D eigenvalue weighted by Crippen LogP contribution is -2.34. The van der Waals surface area contributed by atoms with Crippen molar-refractivity contribution in [3.63, 3.8) is 0 Å². The molecule has 0 radical (unpaired) electrons. The third-order valence-corrected chi connectivity index (χ3v) is 2.84. The van der Waals surface area contributed by atoms with Crippen molar-refractivity contribution in [3.05, 3.63) is 11.6 Å². The van der Waals surface area contributed by atoms with Gasteiger partial charge in [-0.1, -0.05) is 6.08 Å². The highest BCUT2D eigenvalue weighted by atomic mass is 16.5. The van der Waals surface area contributed by atoms with Gasteiger partial charge in [0.1, 0.15) is 0 Å². The van der Waals surface area contributed by atoms with E-state index >= 15 is 0 Å². The molecule has 0 aromatic heterocycles. The van der Waals surface area contributed by atoms with Gasteiger partial charge in [0, 0.05) is 0 Å². The summed E-state index contributed by atoms with van der Waals surface area (Å²) in [5.41, 5.74) is 0.760. The molecule has 0 aromatic rings. The van der Waals surface area contributed by atoms with Crippen LogP contribution < -0.4 is 0 Å². The molecule has 90 valence electrons. The third-order valence-electron chi connectivity index (χ3n) is 2.84. The van der Waals surface area contributed by atoms with Crippen molar-refractivity contribution in [1.29, 1.82) is 0 Å². The summed E-state index contributed by atoms with van der Waals surface area (Å²) >= 11 is 0. The van der Waals surface area contributed by atoms with Crippen LogP contribution in [0.15, 0.2) is 11.6 Å². The second-order valence-electron chi connectivity index (χ2n) is 3.72. The highest BCUT2D eigenvalue weighted by Gasteiger charge is 2.37. The number of hydrogen-bond donors (Lipinski definition) is 1. The average molecular weight is 228 g/mol. The number of aliphatic hydroxyl groups excluding tert-OH is 1. The highest BCUT2D eigenvalue weighted by molar-refractivity contribution is 5.82. The molecule has 0 aromatic carbocycles. The minimum Gasteiger partial charge on any atom is -0.469 e. The Labute approximate surface area is 94.0 Å². The molecular formula is C11H16O5. The maximum Gasteiger partial charge on any atom is 0.309 e. The highest BCUT2D eigenvalue weighted by Crippen LogP contribution is 2.31. The van der Waals surface area contributed by atoms with Crippen LogP contribution >= 0.6 is 0 Å². The summed E-state index contributed by atoms with van der Waals surface area (Å²) in [6, 6.07) is 0. The Bertz CT molecular complexity index is 307. The van der Waals surface area contributed by atoms with E-state index in [9.17, 15) is 9.59 Å². The third kappa shape index (κ3) is 2.61. The van der Waals surface area contributed by atoms with Gasteiger partial charge in [-0.25, -0.2) is 0 Å². The predicted octanol–water partition coefficient (Wildman–Crippen LogP) is 0.277. The maximum absolute atomic E-state index is 11.5. The molecule has 0 saturated heterocycles. The normalized spacial score (nSPS) is 24.6. The average Bonchev–Trinajstić information content (AvgIpc) is 2.36. The van der Waals surface area contributed by atoms with Gasteiger partial charge in [-0.15, -0.1) is 0 Å². The summed E-state index contributed by atoms with van der Waals surface area (Å²) in [6.45, 7) is -0.0958. The zero-order valence-corrected chi connectivity index (χ0v) is 9.43. The van der Waals surface area contributed by atoms with Gasteiger partial charge in [0.15, 0.2) is 0 Å². The smallest absolute Gasteiger partial charge is 0.309 e. The molecule has 5 heteroatoms. The summed E-state index contributed by atoms with van der Waals surface area (Å²) in [5.74, 6) is -1.91. The number of rotatable bonds is 3. The van der Waals surface area contributed by atoms with Crippen molar-refractivity contribution < 1.29 is 24.2 Å². The Balaban J connectivity index is 2.85. The number of ether oxygens (including phenoxy) is 2. The molecule has 1 N–H and O–H groups in total. The molecule has 0 heterocycles. The molecule has 2 atom stereocenters. The Hall–Kier alpha value is -1.36. The molecule has 1 rings (SSSR count). The van der Waals surface area contributed by atoms with Gasteiger partial charge >= 0.3 is 11.9 Å². The van der Waals surface area contributed by atoms with E-state index in [1.807, 2.05) is 0 Å².